The first kappa shape index (κ1) is 19.1. The summed E-state index contributed by atoms with van der Waals surface area (Å²) >= 11 is 0. The van der Waals surface area contributed by atoms with Gasteiger partial charge in [0.1, 0.15) is 5.75 Å². The number of aromatic nitrogens is 1. The summed E-state index contributed by atoms with van der Waals surface area (Å²) in [6, 6.07) is 24.1. The summed E-state index contributed by atoms with van der Waals surface area (Å²) in [5.74, 6) is 0.815. The van der Waals surface area contributed by atoms with E-state index in [0.717, 1.165) is 44.6 Å². The summed E-state index contributed by atoms with van der Waals surface area (Å²) in [5.41, 5.74) is 9.52. The number of hydrogen-bond acceptors (Lipinski definition) is 4. The molecule has 3 aromatic carbocycles. The Bertz CT molecular complexity index is 1340. The predicted molar refractivity (Wildman–Crippen MR) is 125 cm³/mol. The van der Waals surface area contributed by atoms with Crippen molar-refractivity contribution < 1.29 is 4.74 Å². The Morgan fingerprint density at radius 2 is 1.74 bits per heavy atom. The van der Waals surface area contributed by atoms with Crippen molar-refractivity contribution in [1.82, 2.24) is 10.4 Å². The number of pyridine rings is 1. The van der Waals surface area contributed by atoms with Gasteiger partial charge in [-0.25, -0.2) is 0 Å². The Balaban J connectivity index is 1.63. The molecular weight excluding hydrogens is 386 g/mol. The smallest absolute Gasteiger partial charge is 0.258 e. The summed E-state index contributed by atoms with van der Waals surface area (Å²) in [6.07, 6.45) is 0.632. The summed E-state index contributed by atoms with van der Waals surface area (Å²) in [5, 5.41) is 5.62. The van der Waals surface area contributed by atoms with Gasteiger partial charge in [-0.15, -0.1) is 0 Å². The van der Waals surface area contributed by atoms with Gasteiger partial charge in [-0.2, -0.15) is 5.10 Å². The van der Waals surface area contributed by atoms with Crippen molar-refractivity contribution in [1.29, 1.82) is 0 Å². The van der Waals surface area contributed by atoms with Gasteiger partial charge in [0.25, 0.3) is 5.56 Å². The van der Waals surface area contributed by atoms with Crippen LogP contribution in [0.5, 0.6) is 5.75 Å². The lowest BCUT2D eigenvalue weighted by Gasteiger charge is -2.14. The molecule has 2 N–H and O–H groups in total. The van der Waals surface area contributed by atoms with E-state index >= 15 is 0 Å². The lowest BCUT2D eigenvalue weighted by atomic mass is 9.90. The number of benzene rings is 3. The molecule has 0 saturated heterocycles. The van der Waals surface area contributed by atoms with E-state index < -0.39 is 0 Å². The maximum atomic E-state index is 13.2. The van der Waals surface area contributed by atoms with E-state index in [2.05, 4.69) is 28.5 Å². The molecule has 0 spiro atoms. The van der Waals surface area contributed by atoms with E-state index in [1.165, 1.54) is 0 Å². The molecule has 1 atom stereocenters. The highest BCUT2D eigenvalue weighted by molar-refractivity contribution is 6.12. The SMILES string of the molecule is COc1ccc(C2CC(c3c(-c4ccccc4)c4cc(C)ccc4[nH]c3=O)=NN2)cc1. The number of hydrazone groups is 1. The van der Waals surface area contributed by atoms with Gasteiger partial charge < -0.3 is 15.1 Å². The van der Waals surface area contributed by atoms with Crippen LogP contribution in [-0.2, 0) is 0 Å². The molecule has 4 aromatic rings. The number of aryl methyl sites for hydroxylation is 1. The number of nitrogens with zero attached hydrogens (tertiary/aromatic N) is 1. The van der Waals surface area contributed by atoms with Crippen molar-refractivity contribution in [2.45, 2.75) is 19.4 Å². The van der Waals surface area contributed by atoms with Gasteiger partial charge in [-0.1, -0.05) is 54.1 Å². The molecule has 2 heterocycles. The molecule has 1 aromatic heterocycles. The third kappa shape index (κ3) is 3.48. The second-order valence-electron chi connectivity index (χ2n) is 7.84. The first-order valence-corrected chi connectivity index (χ1v) is 10.3. The minimum Gasteiger partial charge on any atom is -0.497 e. The Morgan fingerprint density at radius 1 is 0.968 bits per heavy atom. The van der Waals surface area contributed by atoms with Crippen LogP contribution in [0.15, 0.2) is 82.7 Å². The highest BCUT2D eigenvalue weighted by Crippen LogP contribution is 2.33. The molecule has 0 radical (unpaired) electrons. The second-order valence-corrected chi connectivity index (χ2v) is 7.84. The normalized spacial score (nSPS) is 15.5. The van der Waals surface area contributed by atoms with Crippen LogP contribution >= 0.6 is 0 Å². The van der Waals surface area contributed by atoms with Gasteiger partial charge in [-0.3, -0.25) is 4.79 Å². The van der Waals surface area contributed by atoms with Crippen molar-refractivity contribution in [2.24, 2.45) is 5.10 Å². The first-order chi connectivity index (χ1) is 15.1. The summed E-state index contributed by atoms with van der Waals surface area (Å²) in [7, 11) is 1.66. The largest absolute Gasteiger partial charge is 0.497 e. The average Bonchev–Trinajstić information content (AvgIpc) is 3.29. The Morgan fingerprint density at radius 3 is 2.48 bits per heavy atom. The Kier molecular flexibility index (Phi) is 4.79. The number of fused-ring (bicyclic) bond motifs is 1. The van der Waals surface area contributed by atoms with E-state index in [-0.39, 0.29) is 11.6 Å². The number of nitrogens with one attached hydrogen (secondary N) is 2. The van der Waals surface area contributed by atoms with E-state index in [4.69, 9.17) is 4.74 Å². The Labute approximate surface area is 180 Å². The highest BCUT2D eigenvalue weighted by Gasteiger charge is 2.26. The Hall–Kier alpha value is -3.86. The minimum atomic E-state index is -0.119. The van der Waals surface area contributed by atoms with Gasteiger partial charge in [0.2, 0.25) is 0 Å². The van der Waals surface area contributed by atoms with Crippen LogP contribution in [0, 0.1) is 6.92 Å². The van der Waals surface area contributed by atoms with E-state index in [1.54, 1.807) is 7.11 Å². The highest BCUT2D eigenvalue weighted by atomic mass is 16.5. The van der Waals surface area contributed by atoms with Crippen molar-refractivity contribution >= 4 is 16.6 Å². The van der Waals surface area contributed by atoms with E-state index in [9.17, 15) is 4.79 Å². The zero-order valence-corrected chi connectivity index (χ0v) is 17.5. The van der Waals surface area contributed by atoms with E-state index in [0.29, 0.717) is 12.0 Å². The molecular formula is C26H23N3O2. The van der Waals surface area contributed by atoms with Gasteiger partial charge >= 0.3 is 0 Å². The van der Waals surface area contributed by atoms with Crippen molar-refractivity contribution in [2.75, 3.05) is 7.11 Å². The topological polar surface area (TPSA) is 66.5 Å². The minimum absolute atomic E-state index is 0.0112. The van der Waals surface area contributed by atoms with Crippen LogP contribution in [0.4, 0.5) is 0 Å². The van der Waals surface area contributed by atoms with Gasteiger partial charge in [-0.05, 0) is 42.3 Å². The fourth-order valence-corrected chi connectivity index (χ4v) is 4.21. The van der Waals surface area contributed by atoms with Crippen LogP contribution in [0.1, 0.15) is 29.2 Å². The summed E-state index contributed by atoms with van der Waals surface area (Å²) in [6.45, 7) is 2.06. The number of hydrogen-bond donors (Lipinski definition) is 2. The lowest BCUT2D eigenvalue weighted by molar-refractivity contribution is 0.414. The maximum absolute atomic E-state index is 13.2. The molecule has 5 heteroatoms. The number of H-pyrrole nitrogens is 1. The molecule has 0 aliphatic carbocycles. The van der Waals surface area contributed by atoms with Crippen molar-refractivity contribution in [3.8, 4) is 16.9 Å². The van der Waals surface area contributed by atoms with Crippen LogP contribution in [0.2, 0.25) is 0 Å². The monoisotopic (exact) mass is 409 g/mol. The fourth-order valence-electron chi connectivity index (χ4n) is 4.21. The van der Waals surface area contributed by atoms with Crippen LogP contribution < -0.4 is 15.7 Å². The van der Waals surface area contributed by atoms with Crippen molar-refractivity contribution in [3.63, 3.8) is 0 Å². The first-order valence-electron chi connectivity index (χ1n) is 10.3. The molecule has 5 rings (SSSR count). The zero-order valence-electron chi connectivity index (χ0n) is 17.5. The molecule has 0 amide bonds. The van der Waals surface area contributed by atoms with Crippen LogP contribution in [-0.4, -0.2) is 17.8 Å². The zero-order chi connectivity index (χ0) is 21.4. The van der Waals surface area contributed by atoms with Gasteiger partial charge in [0, 0.05) is 22.9 Å². The molecule has 0 fully saturated rings. The average molecular weight is 409 g/mol. The third-order valence-corrected chi connectivity index (χ3v) is 5.79. The van der Waals surface area contributed by atoms with Crippen LogP contribution in [0.25, 0.3) is 22.0 Å². The molecule has 1 aliphatic heterocycles. The molecule has 31 heavy (non-hydrogen) atoms. The number of aromatic amines is 1. The second kappa shape index (κ2) is 7.76. The molecule has 5 nitrogen and oxygen atoms in total. The van der Waals surface area contributed by atoms with Gasteiger partial charge in [0.15, 0.2) is 0 Å². The summed E-state index contributed by atoms with van der Waals surface area (Å²) < 4.78 is 5.26. The quantitative estimate of drug-likeness (QED) is 0.501. The molecule has 0 saturated carbocycles. The molecule has 1 unspecified atom stereocenters. The van der Waals surface area contributed by atoms with Gasteiger partial charge in [0.05, 0.1) is 24.4 Å². The van der Waals surface area contributed by atoms with Crippen molar-refractivity contribution in [3.05, 3.63) is 99.8 Å². The predicted octanol–water partition coefficient (Wildman–Crippen LogP) is 4.95. The molecule has 154 valence electrons. The number of methoxy groups -OCH3 is 1. The molecule has 0 bridgehead atoms. The van der Waals surface area contributed by atoms with Crippen LogP contribution in [0.3, 0.4) is 0 Å². The number of ether oxygens (including phenoxy) is 1. The molecule has 1 aliphatic rings. The maximum Gasteiger partial charge on any atom is 0.258 e. The lowest BCUT2D eigenvalue weighted by Crippen LogP contribution is -2.20. The van der Waals surface area contributed by atoms with E-state index in [1.807, 2.05) is 66.7 Å². The fraction of sp³-hybridized carbons (Fsp3) is 0.154. The summed E-state index contributed by atoms with van der Waals surface area (Å²) in [4.78, 5) is 16.3. The number of rotatable bonds is 4. The standard InChI is InChI=1S/C26H23N3O2/c1-16-8-13-21-20(14-16)24(18-6-4-3-5-7-18)25(26(30)27-21)23-15-22(28-29-23)17-9-11-19(31-2)12-10-17/h3-14,22,28H,15H2,1-2H3,(H,27,30). The third-order valence-electron chi connectivity index (χ3n) is 5.79.